The number of nitrogens with one attached hydrogen (secondary N) is 1. The van der Waals surface area contributed by atoms with Crippen molar-refractivity contribution in [2.75, 3.05) is 18.9 Å². The highest BCUT2D eigenvalue weighted by atomic mass is 35.5. The van der Waals surface area contributed by atoms with E-state index in [1.165, 1.54) is 6.07 Å². The number of nitrogens with zero attached hydrogens (tertiary/aromatic N) is 2. The third kappa shape index (κ3) is 3.26. The van der Waals surface area contributed by atoms with Crippen molar-refractivity contribution in [1.29, 1.82) is 0 Å². The number of nitrogen functional groups attached to an aromatic ring is 1. The van der Waals surface area contributed by atoms with Gasteiger partial charge >= 0.3 is 0 Å². The highest BCUT2D eigenvalue weighted by Gasteiger charge is 2.29. The SMILES string of the molecule is Nc1c(C(=O)N[C@H]2COC[C@@H]2O)cc(Cl)nc1-c1cccnc1. The molecule has 1 saturated heterocycles. The van der Waals surface area contributed by atoms with Gasteiger partial charge in [0, 0.05) is 18.0 Å². The minimum atomic E-state index is -0.740. The van der Waals surface area contributed by atoms with E-state index in [2.05, 4.69) is 15.3 Å². The van der Waals surface area contributed by atoms with E-state index in [1.807, 2.05) is 0 Å². The van der Waals surface area contributed by atoms with Crippen LogP contribution in [-0.4, -0.2) is 46.3 Å². The van der Waals surface area contributed by atoms with Gasteiger partial charge in [0.25, 0.3) is 5.91 Å². The molecule has 0 spiro atoms. The number of carbonyl (C=O) groups excluding carboxylic acids is 1. The number of hydrogen-bond acceptors (Lipinski definition) is 6. The lowest BCUT2D eigenvalue weighted by Gasteiger charge is -2.16. The van der Waals surface area contributed by atoms with Crippen LogP contribution in [-0.2, 0) is 4.74 Å². The van der Waals surface area contributed by atoms with E-state index in [9.17, 15) is 9.90 Å². The van der Waals surface area contributed by atoms with Crippen LogP contribution in [0.3, 0.4) is 0 Å². The lowest BCUT2D eigenvalue weighted by molar-refractivity contribution is 0.0887. The van der Waals surface area contributed by atoms with E-state index >= 15 is 0 Å². The number of carbonyl (C=O) groups is 1. The highest BCUT2D eigenvalue weighted by molar-refractivity contribution is 6.30. The van der Waals surface area contributed by atoms with Gasteiger partial charge in [0.05, 0.1) is 42.3 Å². The Hall–Kier alpha value is -2.22. The molecule has 0 aromatic carbocycles. The number of aromatic nitrogens is 2. The zero-order valence-electron chi connectivity index (χ0n) is 12.1. The number of nitrogens with two attached hydrogens (primary N) is 1. The van der Waals surface area contributed by atoms with Crippen LogP contribution >= 0.6 is 11.6 Å². The second-order valence-electron chi connectivity index (χ2n) is 5.18. The number of amides is 1. The summed E-state index contributed by atoms with van der Waals surface area (Å²) in [6, 6.07) is 4.44. The predicted molar refractivity (Wildman–Crippen MR) is 85.0 cm³/mol. The molecule has 0 unspecified atom stereocenters. The van der Waals surface area contributed by atoms with Crippen LogP contribution in [0.15, 0.2) is 30.6 Å². The fourth-order valence-corrected chi connectivity index (χ4v) is 2.56. The minimum absolute atomic E-state index is 0.145. The van der Waals surface area contributed by atoms with Crippen molar-refractivity contribution in [1.82, 2.24) is 15.3 Å². The number of aliphatic hydroxyl groups excluding tert-OH is 1. The van der Waals surface area contributed by atoms with Crippen molar-refractivity contribution in [3.05, 3.63) is 41.3 Å². The molecule has 1 aliphatic rings. The summed E-state index contributed by atoms with van der Waals surface area (Å²) in [5.74, 6) is -0.438. The Labute approximate surface area is 137 Å². The summed E-state index contributed by atoms with van der Waals surface area (Å²) >= 11 is 6.02. The number of hydrogen-bond donors (Lipinski definition) is 3. The van der Waals surface area contributed by atoms with Crippen molar-refractivity contribution in [2.24, 2.45) is 0 Å². The molecule has 23 heavy (non-hydrogen) atoms. The quantitative estimate of drug-likeness (QED) is 0.718. The summed E-state index contributed by atoms with van der Waals surface area (Å²) in [6.07, 6.45) is 2.47. The largest absolute Gasteiger partial charge is 0.396 e. The highest BCUT2D eigenvalue weighted by Crippen LogP contribution is 2.28. The van der Waals surface area contributed by atoms with Crippen LogP contribution in [0.5, 0.6) is 0 Å². The number of halogens is 1. The van der Waals surface area contributed by atoms with Gasteiger partial charge in [-0.25, -0.2) is 4.98 Å². The monoisotopic (exact) mass is 334 g/mol. The van der Waals surface area contributed by atoms with Gasteiger partial charge in [-0.2, -0.15) is 0 Å². The topological polar surface area (TPSA) is 110 Å². The second kappa shape index (κ2) is 6.49. The normalized spacial score (nSPS) is 20.4. The molecule has 2 atom stereocenters. The van der Waals surface area contributed by atoms with Gasteiger partial charge in [-0.15, -0.1) is 0 Å². The van der Waals surface area contributed by atoms with Crippen molar-refractivity contribution in [2.45, 2.75) is 12.1 Å². The summed E-state index contributed by atoms with van der Waals surface area (Å²) in [4.78, 5) is 20.6. The number of pyridine rings is 2. The molecular weight excluding hydrogens is 320 g/mol. The van der Waals surface area contributed by atoms with Crippen LogP contribution < -0.4 is 11.1 Å². The Balaban J connectivity index is 1.93. The molecule has 4 N–H and O–H groups in total. The summed E-state index contributed by atoms with van der Waals surface area (Å²) in [5.41, 5.74) is 7.54. The number of anilines is 1. The van der Waals surface area contributed by atoms with Crippen molar-refractivity contribution in [3.63, 3.8) is 0 Å². The van der Waals surface area contributed by atoms with Crippen LogP contribution in [0.1, 0.15) is 10.4 Å². The first kappa shape index (κ1) is 15.7. The maximum Gasteiger partial charge on any atom is 0.253 e. The Bertz CT molecular complexity index is 726. The van der Waals surface area contributed by atoms with E-state index in [4.69, 9.17) is 22.1 Å². The molecule has 7 nitrogen and oxygen atoms in total. The fraction of sp³-hybridized carbons (Fsp3) is 0.267. The van der Waals surface area contributed by atoms with Crippen LogP contribution in [0, 0.1) is 0 Å². The molecule has 0 bridgehead atoms. The molecule has 8 heteroatoms. The zero-order valence-corrected chi connectivity index (χ0v) is 12.8. The molecule has 3 rings (SSSR count). The van der Waals surface area contributed by atoms with Crippen LogP contribution in [0.25, 0.3) is 11.3 Å². The number of rotatable bonds is 3. The molecule has 120 valence electrons. The maximum absolute atomic E-state index is 12.4. The van der Waals surface area contributed by atoms with Gasteiger partial charge in [0.2, 0.25) is 0 Å². The molecule has 1 amide bonds. The summed E-state index contributed by atoms with van der Waals surface area (Å²) in [5, 5.41) is 12.6. The zero-order chi connectivity index (χ0) is 16.4. The number of aliphatic hydroxyl groups is 1. The van der Waals surface area contributed by atoms with Crippen molar-refractivity contribution < 1.29 is 14.6 Å². The summed E-state index contributed by atoms with van der Waals surface area (Å²) in [7, 11) is 0. The predicted octanol–water partition coefficient (Wildman–Crippen LogP) is 0.869. The van der Waals surface area contributed by atoms with E-state index in [1.54, 1.807) is 24.5 Å². The first-order valence-electron chi connectivity index (χ1n) is 6.99. The maximum atomic E-state index is 12.4. The second-order valence-corrected chi connectivity index (χ2v) is 5.57. The third-order valence-electron chi connectivity index (χ3n) is 3.57. The Kier molecular flexibility index (Phi) is 4.42. The van der Waals surface area contributed by atoms with E-state index in [-0.39, 0.29) is 29.6 Å². The lowest BCUT2D eigenvalue weighted by Crippen LogP contribution is -2.42. The Morgan fingerprint density at radius 1 is 1.48 bits per heavy atom. The molecule has 0 aliphatic carbocycles. The molecule has 2 aromatic heterocycles. The van der Waals surface area contributed by atoms with Gasteiger partial charge in [-0.05, 0) is 18.2 Å². The fourth-order valence-electron chi connectivity index (χ4n) is 2.36. The molecule has 1 aliphatic heterocycles. The molecular formula is C15H15ClN4O3. The van der Waals surface area contributed by atoms with E-state index < -0.39 is 18.1 Å². The van der Waals surface area contributed by atoms with Crippen molar-refractivity contribution >= 4 is 23.2 Å². The van der Waals surface area contributed by atoms with E-state index in [0.29, 0.717) is 11.3 Å². The van der Waals surface area contributed by atoms with Gasteiger partial charge in [-0.3, -0.25) is 9.78 Å². The van der Waals surface area contributed by atoms with Crippen LogP contribution in [0.4, 0.5) is 5.69 Å². The molecule has 2 aromatic rings. The van der Waals surface area contributed by atoms with Crippen LogP contribution in [0.2, 0.25) is 5.15 Å². The average molecular weight is 335 g/mol. The van der Waals surface area contributed by atoms with E-state index in [0.717, 1.165) is 0 Å². The average Bonchev–Trinajstić information content (AvgIpc) is 2.95. The Morgan fingerprint density at radius 3 is 2.96 bits per heavy atom. The van der Waals surface area contributed by atoms with Gasteiger partial charge in [0.15, 0.2) is 0 Å². The first-order valence-corrected chi connectivity index (χ1v) is 7.37. The Morgan fingerprint density at radius 2 is 2.30 bits per heavy atom. The van der Waals surface area contributed by atoms with Gasteiger partial charge < -0.3 is 20.9 Å². The van der Waals surface area contributed by atoms with Gasteiger partial charge in [0.1, 0.15) is 5.15 Å². The number of ether oxygens (including phenoxy) is 1. The summed E-state index contributed by atoms with van der Waals surface area (Å²) in [6.45, 7) is 0.444. The van der Waals surface area contributed by atoms with Gasteiger partial charge in [-0.1, -0.05) is 11.6 Å². The smallest absolute Gasteiger partial charge is 0.253 e. The first-order chi connectivity index (χ1) is 11.1. The minimum Gasteiger partial charge on any atom is -0.396 e. The molecule has 1 fully saturated rings. The van der Waals surface area contributed by atoms with Crippen molar-refractivity contribution in [3.8, 4) is 11.3 Å². The molecule has 0 saturated carbocycles. The lowest BCUT2D eigenvalue weighted by atomic mass is 10.1. The summed E-state index contributed by atoms with van der Waals surface area (Å²) < 4.78 is 5.11. The standard InChI is InChI=1S/C15H15ClN4O3/c16-12-4-9(15(22)19-10-6-23-7-11(10)21)13(17)14(20-12)8-2-1-3-18-5-8/h1-5,10-11,21H,6-7,17H2,(H,19,22)/t10-,11-/m0/s1. The molecule has 0 radical (unpaired) electrons. The molecule has 3 heterocycles. The third-order valence-corrected chi connectivity index (χ3v) is 3.77.